The Hall–Kier alpha value is -2.55. The highest BCUT2D eigenvalue weighted by atomic mass is 35.7. The molecule has 2 aromatic carbocycles. The Morgan fingerprint density at radius 1 is 1.03 bits per heavy atom. The number of imide groups is 1. The molecule has 33 heavy (non-hydrogen) atoms. The number of nitrogens with zero attached hydrogens (tertiary/aromatic N) is 2. The molecule has 1 fully saturated rings. The van der Waals surface area contributed by atoms with Crippen LogP contribution in [0.2, 0.25) is 0 Å². The number of carbonyl (C=O) groups excluding carboxylic acids is 4. The van der Waals surface area contributed by atoms with E-state index >= 15 is 0 Å². The van der Waals surface area contributed by atoms with Crippen LogP contribution in [-0.2, 0) is 20.9 Å². The smallest absolute Gasteiger partial charge is 0.330 e. The zero-order valence-electron chi connectivity index (χ0n) is 17.7. The Morgan fingerprint density at radius 3 is 2.09 bits per heavy atom. The van der Waals surface area contributed by atoms with Gasteiger partial charge in [0.05, 0.1) is 15.9 Å². The lowest BCUT2D eigenvalue weighted by Gasteiger charge is -2.51. The third-order valence-corrected chi connectivity index (χ3v) is 7.98. The van der Waals surface area contributed by atoms with Gasteiger partial charge in [0.2, 0.25) is 0 Å². The SMILES string of the molecule is CC(C)(SCl)[C@H](C(=O)OCc1ccccc1)N1C(=O)[C@H](N2C(=O)c3ccccc3C2=O)C1Cl. The van der Waals surface area contributed by atoms with E-state index in [0.29, 0.717) is 0 Å². The van der Waals surface area contributed by atoms with Crippen LogP contribution < -0.4 is 0 Å². The highest BCUT2D eigenvalue weighted by molar-refractivity contribution is 8.22. The number of hydrogen-bond donors (Lipinski definition) is 0. The van der Waals surface area contributed by atoms with Crippen LogP contribution in [0, 0.1) is 0 Å². The molecule has 3 amide bonds. The van der Waals surface area contributed by atoms with E-state index in [1.54, 1.807) is 38.1 Å². The standard InChI is InChI=1S/C23H20Cl2N2O5S/c1-23(2,33-25)17(22(31)32-12-13-8-4-3-5-9-13)27-18(24)16(21(27)30)26-19(28)14-10-6-7-11-15(14)20(26)29/h3-11,16-18H,12H2,1-2H3/t16-,17+,18?/m1/s1. The molecule has 172 valence electrons. The van der Waals surface area contributed by atoms with Crippen LogP contribution in [0.1, 0.15) is 40.1 Å². The van der Waals surface area contributed by atoms with Gasteiger partial charge in [0, 0.05) is 0 Å². The Morgan fingerprint density at radius 2 is 1.58 bits per heavy atom. The highest BCUT2D eigenvalue weighted by Crippen LogP contribution is 2.42. The van der Waals surface area contributed by atoms with Crippen molar-refractivity contribution in [1.29, 1.82) is 0 Å². The average molecular weight is 507 g/mol. The zero-order valence-corrected chi connectivity index (χ0v) is 20.1. The minimum absolute atomic E-state index is 0.00994. The maximum atomic E-state index is 13.2. The predicted molar refractivity (Wildman–Crippen MR) is 125 cm³/mol. The van der Waals surface area contributed by atoms with E-state index in [1.165, 1.54) is 12.1 Å². The molecule has 10 heteroatoms. The lowest BCUT2D eigenvalue weighted by atomic mass is 9.94. The van der Waals surface area contributed by atoms with Crippen molar-refractivity contribution in [3.63, 3.8) is 0 Å². The largest absolute Gasteiger partial charge is 0.459 e. The Kier molecular flexibility index (Phi) is 6.44. The van der Waals surface area contributed by atoms with Gasteiger partial charge in [-0.2, -0.15) is 0 Å². The molecule has 7 nitrogen and oxygen atoms in total. The quantitative estimate of drug-likeness (QED) is 0.186. The second kappa shape index (κ2) is 9.00. The van der Waals surface area contributed by atoms with Crippen LogP contribution >= 0.6 is 33.3 Å². The minimum Gasteiger partial charge on any atom is -0.459 e. The van der Waals surface area contributed by atoms with Crippen molar-refractivity contribution in [2.24, 2.45) is 0 Å². The lowest BCUT2D eigenvalue weighted by Crippen LogP contribution is -2.75. The first-order valence-corrected chi connectivity index (χ1v) is 12.2. The van der Waals surface area contributed by atoms with E-state index in [9.17, 15) is 19.2 Å². The molecule has 3 atom stereocenters. The summed E-state index contributed by atoms with van der Waals surface area (Å²) < 4.78 is 4.51. The van der Waals surface area contributed by atoms with Crippen LogP contribution in [0.15, 0.2) is 54.6 Å². The number of likely N-dealkylation sites (tertiary alicyclic amines) is 1. The Balaban J connectivity index is 1.56. The maximum absolute atomic E-state index is 13.2. The van der Waals surface area contributed by atoms with Gasteiger partial charge in [-0.3, -0.25) is 19.3 Å². The van der Waals surface area contributed by atoms with Crippen molar-refractivity contribution in [3.8, 4) is 0 Å². The maximum Gasteiger partial charge on any atom is 0.330 e. The van der Waals surface area contributed by atoms with Gasteiger partial charge in [0.25, 0.3) is 17.7 Å². The second-order valence-corrected chi connectivity index (χ2v) is 10.4. The summed E-state index contributed by atoms with van der Waals surface area (Å²) in [5.74, 6) is -2.48. The third kappa shape index (κ3) is 4.00. The number of halogens is 2. The second-order valence-electron chi connectivity index (χ2n) is 8.27. The molecule has 2 heterocycles. The van der Waals surface area contributed by atoms with E-state index in [4.69, 9.17) is 27.0 Å². The molecule has 0 aromatic heterocycles. The van der Waals surface area contributed by atoms with Crippen molar-refractivity contribution < 1.29 is 23.9 Å². The van der Waals surface area contributed by atoms with Crippen LogP contribution in [0.5, 0.6) is 0 Å². The highest BCUT2D eigenvalue weighted by Gasteiger charge is 2.61. The van der Waals surface area contributed by atoms with Crippen LogP contribution in [0.4, 0.5) is 0 Å². The fourth-order valence-corrected chi connectivity index (χ4v) is 4.98. The number of carbonyl (C=O) groups is 4. The van der Waals surface area contributed by atoms with Gasteiger partial charge in [-0.15, -0.1) is 0 Å². The molecular formula is C23H20Cl2N2O5S. The van der Waals surface area contributed by atoms with E-state index in [1.807, 2.05) is 18.2 Å². The van der Waals surface area contributed by atoms with Crippen molar-refractivity contribution >= 4 is 56.9 Å². The van der Waals surface area contributed by atoms with E-state index in [2.05, 4.69) is 0 Å². The van der Waals surface area contributed by atoms with Crippen LogP contribution in [-0.4, -0.2) is 55.8 Å². The van der Waals surface area contributed by atoms with Gasteiger partial charge in [0.1, 0.15) is 18.1 Å². The van der Waals surface area contributed by atoms with Gasteiger partial charge in [-0.1, -0.05) is 54.1 Å². The molecule has 0 aliphatic carbocycles. The van der Waals surface area contributed by atoms with Crippen molar-refractivity contribution in [2.45, 2.75) is 42.8 Å². The molecular weight excluding hydrogens is 487 g/mol. The van der Waals surface area contributed by atoms with Crippen molar-refractivity contribution in [2.75, 3.05) is 0 Å². The molecule has 0 N–H and O–H groups in total. The number of fused-ring (bicyclic) bond motifs is 1. The van der Waals surface area contributed by atoms with E-state index in [-0.39, 0.29) is 17.7 Å². The van der Waals surface area contributed by atoms with Crippen LogP contribution in [0.3, 0.4) is 0 Å². The molecule has 2 aromatic rings. The summed E-state index contributed by atoms with van der Waals surface area (Å²) in [5.41, 5.74) is 0.0976. The van der Waals surface area contributed by atoms with E-state index < -0.39 is 46.0 Å². The molecule has 1 unspecified atom stereocenters. The monoisotopic (exact) mass is 506 g/mol. The number of alkyl halides is 1. The predicted octanol–water partition coefficient (Wildman–Crippen LogP) is 3.84. The summed E-state index contributed by atoms with van der Waals surface area (Å²) in [7, 11) is 6.91. The van der Waals surface area contributed by atoms with Gasteiger partial charge < -0.3 is 9.64 Å². The Bertz CT molecular complexity index is 1090. The number of ether oxygens (including phenoxy) is 1. The summed E-state index contributed by atoms with van der Waals surface area (Å²) in [6.07, 6.45) is 0. The Labute approximate surface area is 204 Å². The minimum atomic E-state index is -1.22. The fourth-order valence-electron chi connectivity index (χ4n) is 4.01. The number of benzene rings is 2. The molecule has 2 aliphatic heterocycles. The van der Waals surface area contributed by atoms with Crippen molar-refractivity contribution in [3.05, 3.63) is 71.3 Å². The zero-order chi connectivity index (χ0) is 23.9. The summed E-state index contributed by atoms with van der Waals surface area (Å²) in [6, 6.07) is 13.1. The number of amides is 3. The molecule has 0 spiro atoms. The third-order valence-electron chi connectivity index (χ3n) is 5.72. The average Bonchev–Trinajstić information content (AvgIpc) is 3.07. The first-order chi connectivity index (χ1) is 15.7. The summed E-state index contributed by atoms with van der Waals surface area (Å²) in [5, 5.41) is 0. The lowest BCUT2D eigenvalue weighted by molar-refractivity contribution is -0.169. The molecule has 0 saturated carbocycles. The summed E-state index contributed by atoms with van der Waals surface area (Å²) >= 11 is 6.55. The van der Waals surface area contributed by atoms with Gasteiger partial charge in [0.15, 0.2) is 6.04 Å². The molecule has 0 radical (unpaired) electrons. The first kappa shape index (κ1) is 23.6. The first-order valence-electron chi connectivity index (χ1n) is 10.1. The summed E-state index contributed by atoms with van der Waals surface area (Å²) in [4.78, 5) is 53.9. The number of β-lactam (4-membered cyclic amide) rings is 1. The van der Waals surface area contributed by atoms with E-state index in [0.717, 1.165) is 26.3 Å². The van der Waals surface area contributed by atoms with Crippen molar-refractivity contribution in [1.82, 2.24) is 9.80 Å². The molecule has 4 rings (SSSR count). The number of esters is 1. The molecule has 1 saturated heterocycles. The summed E-state index contributed by atoms with van der Waals surface area (Å²) in [6.45, 7) is 3.38. The van der Waals surface area contributed by atoms with Crippen LogP contribution in [0.25, 0.3) is 0 Å². The molecule has 2 aliphatic rings. The normalized spacial score (nSPS) is 21.0. The van der Waals surface area contributed by atoms with Gasteiger partial charge in [-0.05, 0) is 53.2 Å². The number of hydrogen-bond acceptors (Lipinski definition) is 6. The molecule has 0 bridgehead atoms. The number of rotatable bonds is 7. The topological polar surface area (TPSA) is 84.0 Å². The van der Waals surface area contributed by atoms with Gasteiger partial charge >= 0.3 is 5.97 Å². The van der Waals surface area contributed by atoms with Gasteiger partial charge in [-0.25, -0.2) is 4.79 Å². The fraction of sp³-hybridized carbons (Fsp3) is 0.304.